The fourth-order valence-electron chi connectivity index (χ4n) is 3.16. The van der Waals surface area contributed by atoms with Crippen molar-refractivity contribution >= 4 is 0 Å². The molecular weight excluding hydrogens is 208 g/mol. The Kier molecular flexibility index (Phi) is 6.02. The summed E-state index contributed by atoms with van der Waals surface area (Å²) in [7, 11) is 4.42. The fraction of sp³-hybridized carbons (Fsp3) is 0.867. The van der Waals surface area contributed by atoms with Crippen molar-refractivity contribution in [1.82, 2.24) is 10.2 Å². The maximum absolute atomic E-state index is 5.56. The summed E-state index contributed by atoms with van der Waals surface area (Å²) in [4.78, 5) is 2.41. The first-order chi connectivity index (χ1) is 8.17. The Balaban J connectivity index is 2.79. The molecule has 1 unspecified atom stereocenters. The van der Waals surface area contributed by atoms with E-state index < -0.39 is 0 Å². The van der Waals surface area contributed by atoms with Crippen LogP contribution in [0.15, 0.2) is 0 Å². The van der Waals surface area contributed by atoms with Gasteiger partial charge in [-0.05, 0) is 39.9 Å². The predicted molar refractivity (Wildman–Crippen MR) is 75.0 cm³/mol. The molecule has 0 aromatic heterocycles. The highest BCUT2D eigenvalue weighted by Crippen LogP contribution is 2.36. The summed E-state index contributed by atoms with van der Waals surface area (Å²) in [6, 6.07) is 0.447. The van der Waals surface area contributed by atoms with Gasteiger partial charge in [-0.1, -0.05) is 26.2 Å². The summed E-state index contributed by atoms with van der Waals surface area (Å²) < 4.78 is 0. The van der Waals surface area contributed by atoms with Gasteiger partial charge in [-0.25, -0.2) is 0 Å². The predicted octanol–water partition coefficient (Wildman–Crippen LogP) is 2.64. The molecule has 1 rings (SSSR count). The molecular formula is C15H28N2. The SMILES string of the molecule is C#CCC(NCCC)C1(N(C)C)CCCCC1. The molecule has 2 heteroatoms. The van der Waals surface area contributed by atoms with Crippen molar-refractivity contribution in [2.75, 3.05) is 20.6 Å². The third kappa shape index (κ3) is 3.47. The zero-order valence-electron chi connectivity index (χ0n) is 11.8. The molecule has 1 aliphatic carbocycles. The van der Waals surface area contributed by atoms with Crippen molar-refractivity contribution in [1.29, 1.82) is 0 Å². The Morgan fingerprint density at radius 2 is 1.94 bits per heavy atom. The van der Waals surface area contributed by atoms with Crippen molar-refractivity contribution < 1.29 is 0 Å². The van der Waals surface area contributed by atoms with Crippen molar-refractivity contribution in [3.63, 3.8) is 0 Å². The van der Waals surface area contributed by atoms with Gasteiger partial charge in [-0.15, -0.1) is 12.3 Å². The summed E-state index contributed by atoms with van der Waals surface area (Å²) in [6.45, 7) is 3.28. The zero-order chi connectivity index (χ0) is 12.7. The lowest BCUT2D eigenvalue weighted by molar-refractivity contribution is 0.0587. The second kappa shape index (κ2) is 7.03. The van der Waals surface area contributed by atoms with E-state index in [1.807, 2.05) is 0 Å². The van der Waals surface area contributed by atoms with Crippen LogP contribution in [0.3, 0.4) is 0 Å². The van der Waals surface area contributed by atoms with Gasteiger partial charge >= 0.3 is 0 Å². The third-order valence-electron chi connectivity index (χ3n) is 4.22. The van der Waals surface area contributed by atoms with E-state index in [1.165, 1.54) is 38.5 Å². The van der Waals surface area contributed by atoms with Crippen LogP contribution in [0.4, 0.5) is 0 Å². The normalized spacial score (nSPS) is 21.1. The van der Waals surface area contributed by atoms with Crippen molar-refractivity contribution in [3.8, 4) is 12.3 Å². The Hall–Kier alpha value is -0.520. The van der Waals surface area contributed by atoms with Crippen LogP contribution >= 0.6 is 0 Å². The summed E-state index contributed by atoms with van der Waals surface area (Å²) in [6.07, 6.45) is 14.2. The first kappa shape index (κ1) is 14.5. The molecule has 17 heavy (non-hydrogen) atoms. The molecule has 98 valence electrons. The van der Waals surface area contributed by atoms with E-state index in [4.69, 9.17) is 6.42 Å². The Morgan fingerprint density at radius 3 is 2.41 bits per heavy atom. The van der Waals surface area contributed by atoms with Gasteiger partial charge in [0.05, 0.1) is 0 Å². The van der Waals surface area contributed by atoms with E-state index >= 15 is 0 Å². The molecule has 0 bridgehead atoms. The van der Waals surface area contributed by atoms with Gasteiger partial charge in [0.2, 0.25) is 0 Å². The molecule has 0 aromatic rings. The average Bonchev–Trinajstić information content (AvgIpc) is 2.35. The van der Waals surface area contributed by atoms with Crippen molar-refractivity contribution in [2.24, 2.45) is 0 Å². The van der Waals surface area contributed by atoms with Crippen LogP contribution in [0, 0.1) is 12.3 Å². The lowest BCUT2D eigenvalue weighted by Crippen LogP contribution is -2.60. The van der Waals surface area contributed by atoms with Gasteiger partial charge in [0.25, 0.3) is 0 Å². The number of hydrogen-bond acceptors (Lipinski definition) is 2. The molecule has 0 aromatic carbocycles. The number of likely N-dealkylation sites (N-methyl/N-ethyl adjacent to an activating group) is 1. The van der Waals surface area contributed by atoms with E-state index in [0.29, 0.717) is 6.04 Å². The quantitative estimate of drug-likeness (QED) is 0.713. The van der Waals surface area contributed by atoms with Gasteiger partial charge in [-0.2, -0.15) is 0 Å². The number of terminal acetylenes is 1. The first-order valence-corrected chi connectivity index (χ1v) is 7.01. The van der Waals surface area contributed by atoms with Gasteiger partial charge in [-0.3, -0.25) is 0 Å². The maximum Gasteiger partial charge on any atom is 0.0365 e. The zero-order valence-corrected chi connectivity index (χ0v) is 11.8. The molecule has 1 fully saturated rings. The molecule has 1 aliphatic rings. The second-order valence-electron chi connectivity index (χ2n) is 5.47. The number of nitrogens with zero attached hydrogens (tertiary/aromatic N) is 1. The summed E-state index contributed by atoms with van der Waals surface area (Å²) >= 11 is 0. The standard InChI is InChI=1S/C15H28N2/c1-5-10-14(16-13-6-2)15(17(3)4)11-8-7-9-12-15/h1,14,16H,6-13H2,2-4H3. The maximum atomic E-state index is 5.56. The smallest absolute Gasteiger partial charge is 0.0365 e. The molecule has 0 aliphatic heterocycles. The highest BCUT2D eigenvalue weighted by atomic mass is 15.2. The Labute approximate surface area is 107 Å². The lowest BCUT2D eigenvalue weighted by Gasteiger charge is -2.48. The van der Waals surface area contributed by atoms with Crippen LogP contribution in [0.1, 0.15) is 51.9 Å². The number of rotatable bonds is 6. The minimum Gasteiger partial charge on any atom is -0.311 e. The minimum absolute atomic E-state index is 0.278. The third-order valence-corrected chi connectivity index (χ3v) is 4.22. The van der Waals surface area contributed by atoms with E-state index in [1.54, 1.807) is 0 Å². The molecule has 2 nitrogen and oxygen atoms in total. The van der Waals surface area contributed by atoms with Crippen molar-refractivity contribution in [2.45, 2.75) is 63.5 Å². The average molecular weight is 236 g/mol. The monoisotopic (exact) mass is 236 g/mol. The van der Waals surface area contributed by atoms with Crippen LogP contribution in [0.2, 0.25) is 0 Å². The Bertz CT molecular complexity index is 246. The second-order valence-corrected chi connectivity index (χ2v) is 5.47. The molecule has 0 spiro atoms. The van der Waals surface area contributed by atoms with Crippen molar-refractivity contribution in [3.05, 3.63) is 0 Å². The summed E-state index contributed by atoms with van der Waals surface area (Å²) in [5.74, 6) is 2.86. The van der Waals surface area contributed by atoms with E-state index in [0.717, 1.165) is 13.0 Å². The van der Waals surface area contributed by atoms with Gasteiger partial charge in [0.1, 0.15) is 0 Å². The molecule has 0 saturated heterocycles. The Morgan fingerprint density at radius 1 is 1.29 bits per heavy atom. The highest BCUT2D eigenvalue weighted by Gasteiger charge is 2.40. The summed E-state index contributed by atoms with van der Waals surface area (Å²) in [5.41, 5.74) is 0.278. The molecule has 0 radical (unpaired) electrons. The topological polar surface area (TPSA) is 15.3 Å². The number of nitrogens with one attached hydrogen (secondary N) is 1. The molecule has 0 heterocycles. The van der Waals surface area contributed by atoms with Crippen LogP contribution in [0.5, 0.6) is 0 Å². The van der Waals surface area contributed by atoms with Gasteiger partial charge in [0.15, 0.2) is 0 Å². The highest BCUT2D eigenvalue weighted by molar-refractivity contribution is 5.05. The lowest BCUT2D eigenvalue weighted by atomic mass is 9.74. The van der Waals surface area contributed by atoms with E-state index in [-0.39, 0.29) is 5.54 Å². The van der Waals surface area contributed by atoms with Gasteiger partial charge < -0.3 is 10.2 Å². The van der Waals surface area contributed by atoms with Crippen LogP contribution in [-0.4, -0.2) is 37.1 Å². The molecule has 1 saturated carbocycles. The van der Waals surface area contributed by atoms with E-state index in [9.17, 15) is 0 Å². The fourth-order valence-corrected chi connectivity index (χ4v) is 3.16. The largest absolute Gasteiger partial charge is 0.311 e. The van der Waals surface area contributed by atoms with Crippen LogP contribution in [0.25, 0.3) is 0 Å². The molecule has 1 N–H and O–H groups in total. The minimum atomic E-state index is 0.278. The van der Waals surface area contributed by atoms with Crippen LogP contribution < -0.4 is 5.32 Å². The number of hydrogen-bond donors (Lipinski definition) is 1. The molecule has 1 atom stereocenters. The summed E-state index contributed by atoms with van der Waals surface area (Å²) in [5, 5.41) is 3.68. The van der Waals surface area contributed by atoms with E-state index in [2.05, 4.69) is 37.2 Å². The molecule has 0 amide bonds. The van der Waals surface area contributed by atoms with Gasteiger partial charge in [0, 0.05) is 18.0 Å². The van der Waals surface area contributed by atoms with Crippen LogP contribution in [-0.2, 0) is 0 Å². The first-order valence-electron chi connectivity index (χ1n) is 7.01.